The number of nitro benzene ring substituents is 1. The first kappa shape index (κ1) is 16.1. The highest BCUT2D eigenvalue weighted by molar-refractivity contribution is 14.1. The number of nitrogens with one attached hydrogen (secondary N) is 1. The molecule has 0 radical (unpaired) electrons. The minimum Gasteiger partial charge on any atom is -0.321 e. The number of anilines is 1. The molecule has 2 aromatic rings. The fraction of sp³-hybridized carbons (Fsp3) is 0. The van der Waals surface area contributed by atoms with Gasteiger partial charge in [0.1, 0.15) is 5.15 Å². The van der Waals surface area contributed by atoms with E-state index in [4.69, 9.17) is 11.6 Å². The number of non-ortho nitro benzene ring substituents is 1. The summed E-state index contributed by atoms with van der Waals surface area (Å²) in [6.07, 6.45) is 1.40. The predicted octanol–water partition coefficient (Wildman–Crippen LogP) is 4.26. The van der Waals surface area contributed by atoms with Crippen LogP contribution in [-0.2, 0) is 0 Å². The Morgan fingerprint density at radius 3 is 2.76 bits per heavy atom. The number of hydrogen-bond donors (Lipinski definition) is 1. The van der Waals surface area contributed by atoms with Crippen molar-refractivity contribution in [2.24, 2.45) is 0 Å². The van der Waals surface area contributed by atoms with Gasteiger partial charge in [-0.2, -0.15) is 0 Å². The van der Waals surface area contributed by atoms with Gasteiger partial charge in [0.05, 0.1) is 26.8 Å². The van der Waals surface area contributed by atoms with Crippen LogP contribution in [0.1, 0.15) is 10.4 Å². The van der Waals surface area contributed by atoms with Crippen LogP contribution in [0.2, 0.25) is 5.15 Å². The summed E-state index contributed by atoms with van der Waals surface area (Å²) in [5.41, 5.74) is 0.505. The van der Waals surface area contributed by atoms with Crippen molar-refractivity contribution in [3.63, 3.8) is 0 Å². The second-order valence-electron chi connectivity index (χ2n) is 3.87. The van der Waals surface area contributed by atoms with Crippen LogP contribution < -0.4 is 5.32 Å². The van der Waals surface area contributed by atoms with Crippen LogP contribution in [0.15, 0.2) is 34.9 Å². The molecule has 21 heavy (non-hydrogen) atoms. The summed E-state index contributed by atoms with van der Waals surface area (Å²) in [6.45, 7) is 0. The molecule has 2 rings (SSSR count). The average molecular weight is 482 g/mol. The Morgan fingerprint density at radius 2 is 2.14 bits per heavy atom. The van der Waals surface area contributed by atoms with Gasteiger partial charge in [0.15, 0.2) is 0 Å². The summed E-state index contributed by atoms with van der Waals surface area (Å²) in [5.74, 6) is -0.459. The first-order chi connectivity index (χ1) is 9.88. The number of benzene rings is 1. The van der Waals surface area contributed by atoms with Gasteiger partial charge in [-0.05, 0) is 50.7 Å². The molecule has 0 atom stereocenters. The van der Waals surface area contributed by atoms with Crippen LogP contribution in [0.3, 0.4) is 0 Å². The quantitative estimate of drug-likeness (QED) is 0.307. The van der Waals surface area contributed by atoms with Crippen LogP contribution in [0.25, 0.3) is 0 Å². The summed E-state index contributed by atoms with van der Waals surface area (Å²) in [5, 5.41) is 13.7. The third kappa shape index (κ3) is 3.89. The van der Waals surface area contributed by atoms with E-state index >= 15 is 0 Å². The third-order valence-corrected chi connectivity index (χ3v) is 4.53. The Labute approximate surface area is 146 Å². The Bertz CT molecular complexity index is 742. The van der Waals surface area contributed by atoms with Gasteiger partial charge < -0.3 is 5.32 Å². The number of pyridine rings is 1. The maximum absolute atomic E-state index is 12.2. The molecule has 1 heterocycles. The van der Waals surface area contributed by atoms with Gasteiger partial charge in [0.25, 0.3) is 11.6 Å². The number of nitrogens with zero attached hydrogens (tertiary/aromatic N) is 2. The number of hydrogen-bond acceptors (Lipinski definition) is 4. The maximum Gasteiger partial charge on any atom is 0.270 e. The smallest absolute Gasteiger partial charge is 0.270 e. The summed E-state index contributed by atoms with van der Waals surface area (Å²) in [6, 6.07) is 5.69. The highest BCUT2D eigenvalue weighted by Gasteiger charge is 2.16. The second kappa shape index (κ2) is 6.67. The molecule has 0 aliphatic rings. The van der Waals surface area contributed by atoms with E-state index < -0.39 is 10.8 Å². The summed E-state index contributed by atoms with van der Waals surface area (Å²) < 4.78 is 1.15. The Balaban J connectivity index is 2.29. The molecular formula is C12H6BrClIN3O3. The lowest BCUT2D eigenvalue weighted by atomic mass is 10.2. The van der Waals surface area contributed by atoms with Crippen molar-refractivity contribution in [1.82, 2.24) is 4.98 Å². The maximum atomic E-state index is 12.2. The van der Waals surface area contributed by atoms with Crippen molar-refractivity contribution in [2.45, 2.75) is 0 Å². The van der Waals surface area contributed by atoms with Crippen molar-refractivity contribution < 1.29 is 9.72 Å². The molecule has 1 N–H and O–H groups in total. The molecule has 1 amide bonds. The zero-order valence-corrected chi connectivity index (χ0v) is 14.6. The molecule has 0 spiro atoms. The molecule has 0 saturated heterocycles. The van der Waals surface area contributed by atoms with Gasteiger partial charge in [-0.25, -0.2) is 4.98 Å². The summed E-state index contributed by atoms with van der Waals surface area (Å²) >= 11 is 10.9. The highest BCUT2D eigenvalue weighted by atomic mass is 127. The van der Waals surface area contributed by atoms with Gasteiger partial charge in [-0.15, -0.1) is 0 Å². The molecule has 1 aromatic carbocycles. The number of aromatic nitrogens is 1. The molecule has 1 aromatic heterocycles. The molecule has 0 fully saturated rings. The Kier molecular flexibility index (Phi) is 5.12. The number of rotatable bonds is 3. The van der Waals surface area contributed by atoms with Crippen molar-refractivity contribution in [3.8, 4) is 0 Å². The van der Waals surface area contributed by atoms with E-state index in [0.717, 1.165) is 0 Å². The summed E-state index contributed by atoms with van der Waals surface area (Å²) in [7, 11) is 0. The molecule has 0 aliphatic carbocycles. The fourth-order valence-corrected chi connectivity index (χ4v) is 2.52. The minimum absolute atomic E-state index is 0.143. The van der Waals surface area contributed by atoms with E-state index in [2.05, 4.69) is 26.2 Å². The van der Waals surface area contributed by atoms with Crippen LogP contribution in [-0.4, -0.2) is 15.8 Å². The number of nitro groups is 1. The second-order valence-corrected chi connectivity index (χ2v) is 6.25. The van der Waals surface area contributed by atoms with E-state index in [1.54, 1.807) is 6.07 Å². The molecule has 0 unspecified atom stereocenters. The molecule has 108 valence electrons. The van der Waals surface area contributed by atoms with E-state index in [1.165, 1.54) is 24.4 Å². The van der Waals surface area contributed by atoms with E-state index in [9.17, 15) is 14.9 Å². The van der Waals surface area contributed by atoms with E-state index in [1.807, 2.05) is 22.6 Å². The van der Waals surface area contributed by atoms with E-state index in [0.29, 0.717) is 13.7 Å². The molecular weight excluding hydrogens is 476 g/mol. The normalized spacial score (nSPS) is 10.2. The van der Waals surface area contributed by atoms with Crippen LogP contribution in [0.5, 0.6) is 0 Å². The Morgan fingerprint density at radius 1 is 1.43 bits per heavy atom. The highest BCUT2D eigenvalue weighted by Crippen LogP contribution is 2.24. The summed E-state index contributed by atoms with van der Waals surface area (Å²) in [4.78, 5) is 26.3. The molecule has 0 bridgehead atoms. The molecule has 0 saturated carbocycles. The van der Waals surface area contributed by atoms with Crippen LogP contribution in [0.4, 0.5) is 11.4 Å². The van der Waals surface area contributed by atoms with Crippen molar-refractivity contribution in [1.29, 1.82) is 0 Å². The number of carbonyl (C=O) groups is 1. The lowest BCUT2D eigenvalue weighted by molar-refractivity contribution is -0.384. The lowest BCUT2D eigenvalue weighted by Crippen LogP contribution is -2.14. The van der Waals surface area contributed by atoms with Gasteiger partial charge in [-0.1, -0.05) is 11.6 Å². The third-order valence-electron chi connectivity index (χ3n) is 2.46. The number of amides is 1. The molecule has 9 heteroatoms. The number of halogens is 3. The fourth-order valence-electron chi connectivity index (χ4n) is 1.49. The predicted molar refractivity (Wildman–Crippen MR) is 90.7 cm³/mol. The van der Waals surface area contributed by atoms with Crippen molar-refractivity contribution in [3.05, 3.63) is 59.3 Å². The zero-order chi connectivity index (χ0) is 15.6. The average Bonchev–Trinajstić information content (AvgIpc) is 2.43. The largest absolute Gasteiger partial charge is 0.321 e. The van der Waals surface area contributed by atoms with Crippen LogP contribution in [0, 0.1) is 13.7 Å². The van der Waals surface area contributed by atoms with Crippen molar-refractivity contribution >= 4 is 67.4 Å². The first-order valence-electron chi connectivity index (χ1n) is 5.45. The zero-order valence-electron chi connectivity index (χ0n) is 10.1. The van der Waals surface area contributed by atoms with Gasteiger partial charge >= 0.3 is 0 Å². The standard InChI is InChI=1S/C12H6BrClIN3O3/c13-9-3-6(5-16-11(9)14)17-12(19)8-4-7(18(20)21)1-2-10(8)15/h1-5H,(H,17,19). The first-order valence-corrected chi connectivity index (χ1v) is 7.70. The minimum atomic E-state index is -0.548. The van der Waals surface area contributed by atoms with E-state index in [-0.39, 0.29) is 16.4 Å². The number of carbonyl (C=O) groups excluding carboxylic acids is 1. The lowest BCUT2D eigenvalue weighted by Gasteiger charge is -2.07. The van der Waals surface area contributed by atoms with Crippen LogP contribution >= 0.6 is 50.1 Å². The molecule has 6 nitrogen and oxygen atoms in total. The topological polar surface area (TPSA) is 85.1 Å². The van der Waals surface area contributed by atoms with Crippen molar-refractivity contribution in [2.75, 3.05) is 5.32 Å². The molecule has 0 aliphatic heterocycles. The SMILES string of the molecule is O=C(Nc1cnc(Cl)c(Br)c1)c1cc([N+](=O)[O-])ccc1I. The van der Waals surface area contributed by atoms with Gasteiger partial charge in [0, 0.05) is 15.7 Å². The Hall–Kier alpha value is -1.26. The van der Waals surface area contributed by atoms with Gasteiger partial charge in [-0.3, -0.25) is 14.9 Å². The van der Waals surface area contributed by atoms with Gasteiger partial charge in [0.2, 0.25) is 0 Å². The monoisotopic (exact) mass is 481 g/mol.